The summed E-state index contributed by atoms with van der Waals surface area (Å²) in [5.74, 6) is 2.05. The summed E-state index contributed by atoms with van der Waals surface area (Å²) < 4.78 is 2.14. The summed E-state index contributed by atoms with van der Waals surface area (Å²) in [7, 11) is 0. The van der Waals surface area contributed by atoms with Crippen LogP contribution in [0.2, 0.25) is 0 Å². The lowest BCUT2D eigenvalue weighted by Gasteiger charge is -2.09. The fourth-order valence-electron chi connectivity index (χ4n) is 3.63. The largest absolute Gasteiger partial charge is 0.278 e. The zero-order valence-electron chi connectivity index (χ0n) is 15.2. The molecular weight excluding hydrogens is 396 g/mol. The number of hydrogen-bond donors (Lipinski definition) is 0. The smallest absolute Gasteiger partial charge is 0.238 e. The van der Waals surface area contributed by atoms with Crippen molar-refractivity contribution in [3.8, 4) is 27.4 Å². The zero-order valence-corrected chi connectivity index (χ0v) is 16.8. The van der Waals surface area contributed by atoms with E-state index in [0.717, 1.165) is 20.8 Å². The van der Waals surface area contributed by atoms with Crippen molar-refractivity contribution in [1.29, 1.82) is 0 Å². The van der Waals surface area contributed by atoms with E-state index < -0.39 is 0 Å². The third-order valence-electron chi connectivity index (χ3n) is 4.89. The van der Waals surface area contributed by atoms with Crippen LogP contribution in [0.3, 0.4) is 0 Å². The molecular formula is C23H14N4S2. The van der Waals surface area contributed by atoms with Gasteiger partial charge >= 0.3 is 0 Å². The van der Waals surface area contributed by atoms with Crippen LogP contribution >= 0.6 is 22.7 Å². The van der Waals surface area contributed by atoms with Crippen molar-refractivity contribution in [2.24, 2.45) is 0 Å². The molecule has 4 heterocycles. The molecule has 0 bridgehead atoms. The average molecular weight is 411 g/mol. The lowest BCUT2D eigenvalue weighted by Crippen LogP contribution is -2.05. The molecule has 0 amide bonds. The normalized spacial score (nSPS) is 11.4. The molecule has 0 radical (unpaired) electrons. The summed E-state index contributed by atoms with van der Waals surface area (Å²) in [6.07, 6.45) is 0. The first kappa shape index (κ1) is 16.6. The number of fused-ring (bicyclic) bond motifs is 3. The van der Waals surface area contributed by atoms with Crippen LogP contribution in [0.4, 0.5) is 0 Å². The Balaban J connectivity index is 1.71. The molecule has 4 nitrogen and oxygen atoms in total. The van der Waals surface area contributed by atoms with E-state index in [1.54, 1.807) is 22.7 Å². The molecule has 4 aromatic heterocycles. The van der Waals surface area contributed by atoms with Crippen LogP contribution < -0.4 is 0 Å². The van der Waals surface area contributed by atoms with Gasteiger partial charge in [-0.15, -0.1) is 22.7 Å². The first-order valence-corrected chi connectivity index (χ1v) is 11.0. The molecule has 0 saturated heterocycles. The SMILES string of the molecule is c1csc(-c2nc(-c3cccs3)nc(-n3c4ccccc4c4ccccc43)n2)c1. The van der Waals surface area contributed by atoms with Crippen LogP contribution in [0.1, 0.15) is 0 Å². The summed E-state index contributed by atoms with van der Waals surface area (Å²) in [5, 5.41) is 6.48. The summed E-state index contributed by atoms with van der Waals surface area (Å²) in [6, 6.07) is 24.9. The standard InChI is InChI=1S/C23H14N4S2/c1-3-9-17-15(7-1)16-8-2-4-10-18(16)27(17)23-25-21(19-11-5-13-28-19)24-22(26-23)20-12-6-14-29-20/h1-14H. The fourth-order valence-corrected chi connectivity index (χ4v) is 4.95. The molecule has 0 unspecified atom stereocenters. The third-order valence-corrected chi connectivity index (χ3v) is 6.62. The summed E-state index contributed by atoms with van der Waals surface area (Å²) in [5.41, 5.74) is 2.18. The molecule has 0 atom stereocenters. The maximum atomic E-state index is 4.88. The Morgan fingerprint density at radius 1 is 0.552 bits per heavy atom. The highest BCUT2D eigenvalue weighted by Gasteiger charge is 2.17. The number of benzene rings is 2. The van der Waals surface area contributed by atoms with Crippen LogP contribution in [-0.4, -0.2) is 19.5 Å². The van der Waals surface area contributed by atoms with Crippen LogP contribution in [0.15, 0.2) is 83.6 Å². The van der Waals surface area contributed by atoms with Gasteiger partial charge in [0.1, 0.15) is 0 Å². The summed E-state index contributed by atoms with van der Waals surface area (Å²) in [4.78, 5) is 16.6. The van der Waals surface area contributed by atoms with Crippen molar-refractivity contribution in [3.05, 3.63) is 83.6 Å². The van der Waals surface area contributed by atoms with E-state index in [1.807, 2.05) is 35.0 Å². The lowest BCUT2D eigenvalue weighted by atomic mass is 10.2. The minimum absolute atomic E-state index is 0.643. The Morgan fingerprint density at radius 3 is 1.55 bits per heavy atom. The fraction of sp³-hybridized carbons (Fsp3) is 0. The highest BCUT2D eigenvalue weighted by Crippen LogP contribution is 2.33. The van der Waals surface area contributed by atoms with Crippen molar-refractivity contribution < 1.29 is 0 Å². The second-order valence-corrected chi connectivity index (χ2v) is 8.50. The number of thiophene rings is 2. The predicted molar refractivity (Wildman–Crippen MR) is 121 cm³/mol. The number of nitrogens with zero attached hydrogens (tertiary/aromatic N) is 4. The molecule has 2 aromatic carbocycles. The van der Waals surface area contributed by atoms with Gasteiger partial charge in [-0.3, -0.25) is 4.57 Å². The van der Waals surface area contributed by atoms with Crippen LogP contribution in [0, 0.1) is 0 Å². The number of para-hydroxylation sites is 2. The van der Waals surface area contributed by atoms with E-state index in [-0.39, 0.29) is 0 Å². The quantitative estimate of drug-likeness (QED) is 0.338. The molecule has 0 N–H and O–H groups in total. The molecule has 0 fully saturated rings. The van der Waals surface area contributed by atoms with E-state index in [2.05, 4.69) is 53.1 Å². The van der Waals surface area contributed by atoms with Crippen molar-refractivity contribution in [2.75, 3.05) is 0 Å². The summed E-state index contributed by atoms with van der Waals surface area (Å²) in [6.45, 7) is 0. The number of rotatable bonds is 3. The van der Waals surface area contributed by atoms with E-state index in [1.165, 1.54) is 10.8 Å². The van der Waals surface area contributed by atoms with Gasteiger partial charge in [0, 0.05) is 10.8 Å². The van der Waals surface area contributed by atoms with Gasteiger partial charge in [0.05, 0.1) is 20.8 Å². The second-order valence-electron chi connectivity index (χ2n) is 6.61. The topological polar surface area (TPSA) is 43.6 Å². The Hall–Kier alpha value is -3.35. The molecule has 0 aliphatic heterocycles. The Morgan fingerprint density at radius 2 is 1.07 bits per heavy atom. The minimum atomic E-state index is 0.643. The van der Waals surface area contributed by atoms with Gasteiger partial charge in [0.15, 0.2) is 11.6 Å². The minimum Gasteiger partial charge on any atom is -0.278 e. The number of aromatic nitrogens is 4. The van der Waals surface area contributed by atoms with Crippen molar-refractivity contribution >= 4 is 44.5 Å². The van der Waals surface area contributed by atoms with E-state index in [4.69, 9.17) is 15.0 Å². The molecule has 0 aliphatic rings. The molecule has 6 rings (SSSR count). The molecule has 6 heteroatoms. The van der Waals surface area contributed by atoms with Gasteiger partial charge in [0.25, 0.3) is 0 Å². The lowest BCUT2D eigenvalue weighted by molar-refractivity contribution is 0.957. The second kappa shape index (κ2) is 6.62. The van der Waals surface area contributed by atoms with Crippen molar-refractivity contribution in [2.45, 2.75) is 0 Å². The molecule has 138 valence electrons. The average Bonchev–Trinajstić information content (AvgIpc) is 3.54. The van der Waals surface area contributed by atoms with Crippen LogP contribution in [-0.2, 0) is 0 Å². The van der Waals surface area contributed by atoms with Crippen LogP contribution in [0.5, 0.6) is 0 Å². The number of hydrogen-bond acceptors (Lipinski definition) is 5. The molecule has 6 aromatic rings. The molecule has 29 heavy (non-hydrogen) atoms. The first-order chi connectivity index (χ1) is 14.4. The van der Waals surface area contributed by atoms with E-state index in [0.29, 0.717) is 17.6 Å². The predicted octanol–water partition coefficient (Wildman–Crippen LogP) is 6.43. The maximum absolute atomic E-state index is 4.88. The Labute approximate surface area is 174 Å². The third kappa shape index (κ3) is 2.68. The highest BCUT2D eigenvalue weighted by molar-refractivity contribution is 7.13. The molecule has 0 saturated carbocycles. The highest BCUT2D eigenvalue weighted by atomic mass is 32.1. The Bertz CT molecular complexity index is 1340. The van der Waals surface area contributed by atoms with Gasteiger partial charge in [-0.05, 0) is 35.0 Å². The van der Waals surface area contributed by atoms with Gasteiger partial charge in [0.2, 0.25) is 5.95 Å². The van der Waals surface area contributed by atoms with Crippen molar-refractivity contribution in [1.82, 2.24) is 19.5 Å². The van der Waals surface area contributed by atoms with Gasteiger partial charge in [-0.2, -0.15) is 9.97 Å². The first-order valence-electron chi connectivity index (χ1n) is 9.21. The van der Waals surface area contributed by atoms with Gasteiger partial charge in [-0.1, -0.05) is 48.5 Å². The van der Waals surface area contributed by atoms with Crippen molar-refractivity contribution in [3.63, 3.8) is 0 Å². The van der Waals surface area contributed by atoms with E-state index >= 15 is 0 Å². The van der Waals surface area contributed by atoms with Crippen LogP contribution in [0.25, 0.3) is 49.2 Å². The zero-order chi connectivity index (χ0) is 19.2. The van der Waals surface area contributed by atoms with E-state index in [9.17, 15) is 0 Å². The van der Waals surface area contributed by atoms with Gasteiger partial charge in [-0.25, -0.2) is 4.98 Å². The van der Waals surface area contributed by atoms with Gasteiger partial charge < -0.3 is 0 Å². The Kier molecular flexibility index (Phi) is 3.78. The maximum Gasteiger partial charge on any atom is 0.238 e. The summed E-state index contributed by atoms with van der Waals surface area (Å²) >= 11 is 3.27. The molecule has 0 spiro atoms. The monoisotopic (exact) mass is 410 g/mol. The molecule has 0 aliphatic carbocycles.